The molecular weight excluding hydrogens is 789 g/mol. The van der Waals surface area contributed by atoms with Crippen LogP contribution in [0.4, 0.5) is 8.78 Å². The summed E-state index contributed by atoms with van der Waals surface area (Å²) in [7, 11) is 0. The Hall–Kier alpha value is -4.42. The van der Waals surface area contributed by atoms with Gasteiger partial charge in [0.25, 0.3) is 0 Å². The normalized spacial score (nSPS) is 11.3. The molecule has 0 bridgehead atoms. The van der Waals surface area contributed by atoms with Crippen LogP contribution in [-0.4, -0.2) is 38.4 Å². The first-order valence-electron chi connectivity index (χ1n) is 16.4. The molecule has 8 nitrogen and oxygen atoms in total. The van der Waals surface area contributed by atoms with E-state index in [2.05, 4.69) is 32.0 Å². The van der Waals surface area contributed by atoms with Gasteiger partial charge in [-0.3, -0.25) is 19.6 Å². The molecular formula is C40H41BrCl2F2N4O4. The van der Waals surface area contributed by atoms with Crippen LogP contribution >= 0.6 is 39.1 Å². The number of rotatable bonds is 9. The molecule has 1 unspecified atom stereocenters. The van der Waals surface area contributed by atoms with Gasteiger partial charge in [0.15, 0.2) is 0 Å². The number of hydrogen-bond donors (Lipinski definition) is 0. The van der Waals surface area contributed by atoms with Crippen LogP contribution in [0.1, 0.15) is 87.5 Å². The summed E-state index contributed by atoms with van der Waals surface area (Å²) in [4.78, 5) is 30.9. The third-order valence-electron chi connectivity index (χ3n) is 6.68. The van der Waals surface area contributed by atoms with E-state index in [9.17, 15) is 23.6 Å². The van der Waals surface area contributed by atoms with Gasteiger partial charge in [-0.25, -0.2) is 8.78 Å². The minimum Gasteiger partial charge on any atom is -0.460 e. The van der Waals surface area contributed by atoms with E-state index in [1.165, 1.54) is 12.1 Å². The molecule has 0 radical (unpaired) electrons. The maximum absolute atomic E-state index is 14.0. The van der Waals surface area contributed by atoms with Crippen molar-refractivity contribution in [2.45, 2.75) is 84.3 Å². The van der Waals surface area contributed by atoms with Gasteiger partial charge >= 0.3 is 11.9 Å². The Kier molecular flexibility index (Phi) is 18.0. The molecule has 280 valence electrons. The van der Waals surface area contributed by atoms with Crippen molar-refractivity contribution in [2.75, 3.05) is 5.33 Å². The molecule has 0 saturated heterocycles. The molecule has 0 N–H and O–H groups in total. The summed E-state index contributed by atoms with van der Waals surface area (Å²) in [6.45, 7) is 10.8. The standard InChI is InChI=1S/C20H20ClFN2O2.C14H10ClFN2.C6H11BrO2/c1-20(2,3)26-18(25)10-15(11-23)17-8-7-13(12-24-17)9-14-5-4-6-16(21)19(14)22;15-13-3-1-2-11(14(13)16)8-10-4-5-12(6-7-17)18-9-10;1-6(2,3)9-5(8)4-7/h4-8,12,15H,9-10H2,1-3H3;1-5,9H,6,8H2;4H2,1-3H3. The number of nitriles is 2. The number of esters is 2. The van der Waals surface area contributed by atoms with Gasteiger partial charge in [0.2, 0.25) is 0 Å². The number of pyridine rings is 2. The fraction of sp³-hybridized carbons (Fsp3) is 0.350. The fourth-order valence-electron chi connectivity index (χ4n) is 4.44. The average molecular weight is 831 g/mol. The molecule has 1 atom stereocenters. The summed E-state index contributed by atoms with van der Waals surface area (Å²) >= 11 is 14.5. The van der Waals surface area contributed by atoms with Crippen LogP contribution in [0.5, 0.6) is 0 Å². The molecule has 0 amide bonds. The molecule has 2 heterocycles. The predicted molar refractivity (Wildman–Crippen MR) is 205 cm³/mol. The molecule has 0 spiro atoms. The van der Waals surface area contributed by atoms with Crippen LogP contribution in [0.25, 0.3) is 0 Å². The van der Waals surface area contributed by atoms with E-state index in [0.29, 0.717) is 35.4 Å². The van der Waals surface area contributed by atoms with Crippen LogP contribution in [0, 0.1) is 34.3 Å². The number of carbonyl (C=O) groups is 2. The van der Waals surface area contributed by atoms with Crippen LogP contribution in [0.3, 0.4) is 0 Å². The van der Waals surface area contributed by atoms with Crippen molar-refractivity contribution < 1.29 is 27.8 Å². The zero-order valence-corrected chi connectivity index (χ0v) is 33.5. The summed E-state index contributed by atoms with van der Waals surface area (Å²) in [6, 6.07) is 21.0. The van der Waals surface area contributed by atoms with Crippen molar-refractivity contribution in [3.8, 4) is 12.1 Å². The first-order chi connectivity index (χ1) is 24.8. The maximum Gasteiger partial charge on any atom is 0.317 e. The Balaban J connectivity index is 0.000000310. The monoisotopic (exact) mass is 828 g/mol. The Morgan fingerprint density at radius 1 is 0.774 bits per heavy atom. The second-order valence-electron chi connectivity index (χ2n) is 13.6. The van der Waals surface area contributed by atoms with Gasteiger partial charge in [-0.1, -0.05) is 75.5 Å². The van der Waals surface area contributed by atoms with Crippen LogP contribution in [-0.2, 0) is 38.3 Å². The highest BCUT2D eigenvalue weighted by atomic mass is 79.9. The summed E-state index contributed by atoms with van der Waals surface area (Å²) in [5.41, 5.74) is 2.92. The van der Waals surface area contributed by atoms with Crippen molar-refractivity contribution in [3.05, 3.63) is 128 Å². The second-order valence-corrected chi connectivity index (χ2v) is 14.9. The molecule has 0 aliphatic heterocycles. The molecule has 2 aromatic heterocycles. The fourth-order valence-corrected chi connectivity index (χ4v) is 4.94. The van der Waals surface area contributed by atoms with Gasteiger partial charge in [0.05, 0.1) is 52.3 Å². The number of ether oxygens (including phenoxy) is 2. The van der Waals surface area contributed by atoms with Gasteiger partial charge in [-0.05, 0) is 88.1 Å². The molecule has 4 rings (SSSR count). The van der Waals surface area contributed by atoms with E-state index in [0.717, 1.165) is 11.1 Å². The van der Waals surface area contributed by atoms with Gasteiger partial charge in [-0.15, -0.1) is 0 Å². The van der Waals surface area contributed by atoms with Gasteiger partial charge < -0.3 is 9.47 Å². The Morgan fingerprint density at radius 2 is 1.26 bits per heavy atom. The number of carbonyl (C=O) groups excluding carboxylic acids is 2. The number of alkyl halides is 1. The van der Waals surface area contributed by atoms with E-state index in [1.54, 1.807) is 75.6 Å². The second kappa shape index (κ2) is 21.3. The zero-order chi connectivity index (χ0) is 39.8. The number of aromatic nitrogens is 2. The van der Waals surface area contributed by atoms with Crippen LogP contribution in [0.15, 0.2) is 73.1 Å². The Bertz CT molecular complexity index is 1900. The molecule has 4 aromatic rings. The molecule has 2 aromatic carbocycles. The number of hydrogen-bond acceptors (Lipinski definition) is 8. The number of benzene rings is 2. The SMILES string of the molecule is CC(C)(C)OC(=O)CBr.CC(C)(C)OC(=O)CC(C#N)c1ccc(Cc2cccc(Cl)c2F)cn1.N#CCc1ccc(Cc2cccc(Cl)c2F)cn1. The van der Waals surface area contributed by atoms with E-state index < -0.39 is 23.3 Å². The minimum absolute atomic E-state index is 0.0664. The molecule has 53 heavy (non-hydrogen) atoms. The summed E-state index contributed by atoms with van der Waals surface area (Å²) in [6.07, 6.45) is 4.23. The van der Waals surface area contributed by atoms with Gasteiger partial charge in [0.1, 0.15) is 28.2 Å². The van der Waals surface area contributed by atoms with E-state index >= 15 is 0 Å². The predicted octanol–water partition coefficient (Wildman–Crippen LogP) is 10.1. The van der Waals surface area contributed by atoms with Gasteiger partial charge in [0, 0.05) is 25.2 Å². The van der Waals surface area contributed by atoms with Crippen LogP contribution in [0.2, 0.25) is 10.0 Å². The van der Waals surface area contributed by atoms with E-state index in [1.807, 2.05) is 32.9 Å². The number of nitrogens with zero attached hydrogens (tertiary/aromatic N) is 4. The Labute approximate surface area is 328 Å². The zero-order valence-electron chi connectivity index (χ0n) is 30.4. The highest BCUT2D eigenvalue weighted by Crippen LogP contribution is 2.24. The third-order valence-corrected chi connectivity index (χ3v) is 7.72. The maximum atomic E-state index is 14.0. The lowest BCUT2D eigenvalue weighted by Crippen LogP contribution is -2.24. The lowest BCUT2D eigenvalue weighted by Gasteiger charge is -2.20. The topological polar surface area (TPSA) is 126 Å². The molecule has 0 saturated carbocycles. The highest BCUT2D eigenvalue weighted by molar-refractivity contribution is 9.09. The lowest BCUT2D eigenvalue weighted by molar-refractivity contribution is -0.155. The lowest BCUT2D eigenvalue weighted by atomic mass is 10.0. The average Bonchev–Trinajstić information content (AvgIpc) is 3.08. The van der Waals surface area contributed by atoms with Crippen LogP contribution < -0.4 is 0 Å². The highest BCUT2D eigenvalue weighted by Gasteiger charge is 2.22. The largest absolute Gasteiger partial charge is 0.460 e. The molecule has 0 fully saturated rings. The van der Waals surface area contributed by atoms with Crippen molar-refractivity contribution in [3.63, 3.8) is 0 Å². The van der Waals surface area contributed by atoms with Crippen molar-refractivity contribution in [2.24, 2.45) is 0 Å². The Morgan fingerprint density at radius 3 is 1.64 bits per heavy atom. The molecule has 0 aliphatic rings. The van der Waals surface area contributed by atoms with Crippen molar-refractivity contribution in [1.82, 2.24) is 9.97 Å². The summed E-state index contributed by atoms with van der Waals surface area (Å²) in [5, 5.41) is 18.3. The summed E-state index contributed by atoms with van der Waals surface area (Å²) in [5.74, 6) is -2.20. The van der Waals surface area contributed by atoms with Crippen molar-refractivity contribution in [1.29, 1.82) is 10.5 Å². The summed E-state index contributed by atoms with van der Waals surface area (Å²) < 4.78 is 37.8. The van der Waals surface area contributed by atoms with Gasteiger partial charge in [-0.2, -0.15) is 10.5 Å². The molecule has 13 heteroatoms. The first kappa shape index (κ1) is 44.7. The number of halogens is 5. The van der Waals surface area contributed by atoms with E-state index in [4.69, 9.17) is 37.9 Å². The smallest absolute Gasteiger partial charge is 0.317 e. The first-order valence-corrected chi connectivity index (χ1v) is 18.2. The minimum atomic E-state index is -0.693. The molecule has 0 aliphatic carbocycles. The third kappa shape index (κ3) is 16.9. The van der Waals surface area contributed by atoms with Crippen molar-refractivity contribution >= 4 is 51.1 Å². The van der Waals surface area contributed by atoms with E-state index in [-0.39, 0.29) is 45.6 Å². The quantitative estimate of drug-likeness (QED) is 0.121.